The molecule has 2 aromatic rings. The zero-order chi connectivity index (χ0) is 16.6. The summed E-state index contributed by atoms with van der Waals surface area (Å²) in [5, 5.41) is 6.39. The molecule has 0 radical (unpaired) electrons. The Morgan fingerprint density at radius 2 is 1.75 bits per heavy atom. The van der Waals surface area contributed by atoms with Crippen LogP contribution in [-0.2, 0) is 13.0 Å². The van der Waals surface area contributed by atoms with E-state index in [1.165, 1.54) is 11.1 Å². The first-order valence-electron chi connectivity index (χ1n) is 8.72. The van der Waals surface area contributed by atoms with E-state index in [2.05, 4.69) is 28.8 Å². The molecular formula is C20H25N3O. The molecular weight excluding hydrogens is 298 g/mol. The number of fused-ring (bicyclic) bond motifs is 1. The summed E-state index contributed by atoms with van der Waals surface area (Å²) in [4.78, 5) is 14.4. The van der Waals surface area contributed by atoms with Crippen LogP contribution in [0.15, 0.2) is 54.6 Å². The average molecular weight is 323 g/mol. The fourth-order valence-electron chi connectivity index (χ4n) is 3.08. The highest BCUT2D eigenvalue weighted by atomic mass is 16.2. The molecule has 2 N–H and O–H groups in total. The van der Waals surface area contributed by atoms with Crippen molar-refractivity contribution in [2.75, 3.05) is 24.5 Å². The minimum Gasteiger partial charge on any atom is -0.336 e. The molecule has 4 nitrogen and oxygen atoms in total. The van der Waals surface area contributed by atoms with E-state index in [0.717, 1.165) is 44.6 Å². The molecule has 1 aliphatic heterocycles. The molecule has 2 amide bonds. The van der Waals surface area contributed by atoms with Crippen LogP contribution in [0.5, 0.6) is 0 Å². The van der Waals surface area contributed by atoms with Crippen molar-refractivity contribution < 1.29 is 4.79 Å². The Morgan fingerprint density at radius 1 is 0.958 bits per heavy atom. The first kappa shape index (κ1) is 16.5. The standard InChI is InChI=1S/C20H25N3O/c24-20(22-14-13-21-16-17-8-2-1-3-9-17)23-15-7-6-11-18-10-4-5-12-19(18)23/h1-5,8-10,12,21H,6-7,11,13-16H2,(H,22,24). The molecule has 0 spiro atoms. The van der Waals surface area contributed by atoms with Crippen LogP contribution in [0.25, 0.3) is 0 Å². The van der Waals surface area contributed by atoms with E-state index in [-0.39, 0.29) is 6.03 Å². The fraction of sp³-hybridized carbons (Fsp3) is 0.350. The number of amides is 2. The molecule has 3 rings (SSSR count). The van der Waals surface area contributed by atoms with Crippen LogP contribution < -0.4 is 15.5 Å². The maximum Gasteiger partial charge on any atom is 0.321 e. The van der Waals surface area contributed by atoms with Crippen LogP contribution in [-0.4, -0.2) is 25.7 Å². The van der Waals surface area contributed by atoms with Gasteiger partial charge in [-0.3, -0.25) is 4.90 Å². The smallest absolute Gasteiger partial charge is 0.321 e. The van der Waals surface area contributed by atoms with E-state index in [1.54, 1.807) is 0 Å². The summed E-state index contributed by atoms with van der Waals surface area (Å²) < 4.78 is 0. The molecule has 4 heteroatoms. The van der Waals surface area contributed by atoms with Crippen LogP contribution in [0.4, 0.5) is 10.5 Å². The predicted octanol–water partition coefficient (Wildman–Crippen LogP) is 3.33. The van der Waals surface area contributed by atoms with Gasteiger partial charge in [-0.05, 0) is 36.5 Å². The largest absolute Gasteiger partial charge is 0.336 e. The molecule has 1 heterocycles. The summed E-state index contributed by atoms with van der Waals surface area (Å²) in [6, 6.07) is 18.5. The number of benzene rings is 2. The second-order valence-electron chi connectivity index (χ2n) is 6.13. The summed E-state index contributed by atoms with van der Waals surface area (Å²) in [5.74, 6) is 0. The van der Waals surface area contributed by atoms with Crippen molar-refractivity contribution >= 4 is 11.7 Å². The molecule has 0 fully saturated rings. The Morgan fingerprint density at radius 3 is 2.62 bits per heavy atom. The highest BCUT2D eigenvalue weighted by Gasteiger charge is 2.20. The van der Waals surface area contributed by atoms with Crippen molar-refractivity contribution in [3.8, 4) is 0 Å². The normalized spacial score (nSPS) is 13.9. The van der Waals surface area contributed by atoms with Gasteiger partial charge in [0.1, 0.15) is 0 Å². The van der Waals surface area contributed by atoms with Crippen molar-refractivity contribution in [2.24, 2.45) is 0 Å². The molecule has 0 unspecified atom stereocenters. The Labute approximate surface area is 143 Å². The molecule has 1 aliphatic rings. The van der Waals surface area contributed by atoms with Crippen molar-refractivity contribution in [1.82, 2.24) is 10.6 Å². The first-order chi connectivity index (χ1) is 11.8. The number of para-hydroxylation sites is 1. The van der Waals surface area contributed by atoms with Gasteiger partial charge in [0.05, 0.1) is 0 Å². The van der Waals surface area contributed by atoms with E-state index < -0.39 is 0 Å². The Balaban J connectivity index is 1.47. The van der Waals surface area contributed by atoms with Gasteiger partial charge in [0.15, 0.2) is 0 Å². The third kappa shape index (κ3) is 4.36. The lowest BCUT2D eigenvalue weighted by Gasteiger charge is -2.23. The summed E-state index contributed by atoms with van der Waals surface area (Å²) in [6.45, 7) is 3.00. The number of hydrogen-bond donors (Lipinski definition) is 2. The number of hydrogen-bond acceptors (Lipinski definition) is 2. The van der Waals surface area contributed by atoms with Gasteiger partial charge in [0, 0.05) is 31.9 Å². The van der Waals surface area contributed by atoms with Crippen molar-refractivity contribution in [3.63, 3.8) is 0 Å². The SMILES string of the molecule is O=C(NCCNCc1ccccc1)N1CCCCc2ccccc21. The van der Waals surface area contributed by atoms with Crippen LogP contribution >= 0.6 is 0 Å². The zero-order valence-electron chi connectivity index (χ0n) is 14.0. The first-order valence-corrected chi connectivity index (χ1v) is 8.72. The van der Waals surface area contributed by atoms with Crippen molar-refractivity contribution in [1.29, 1.82) is 0 Å². The fourth-order valence-corrected chi connectivity index (χ4v) is 3.08. The summed E-state index contributed by atoms with van der Waals surface area (Å²) in [7, 11) is 0. The topological polar surface area (TPSA) is 44.4 Å². The second-order valence-corrected chi connectivity index (χ2v) is 6.13. The molecule has 126 valence electrons. The number of nitrogens with one attached hydrogen (secondary N) is 2. The molecule has 0 aliphatic carbocycles. The van der Waals surface area contributed by atoms with Gasteiger partial charge in [0.25, 0.3) is 0 Å². The molecule has 0 saturated heterocycles. The molecule has 2 aromatic carbocycles. The quantitative estimate of drug-likeness (QED) is 0.829. The Kier molecular flexibility index (Phi) is 5.85. The molecule has 24 heavy (non-hydrogen) atoms. The van der Waals surface area contributed by atoms with E-state index in [4.69, 9.17) is 0 Å². The maximum atomic E-state index is 12.5. The van der Waals surface area contributed by atoms with Gasteiger partial charge in [-0.25, -0.2) is 4.79 Å². The number of carbonyl (C=O) groups excluding carboxylic acids is 1. The summed E-state index contributed by atoms with van der Waals surface area (Å²) >= 11 is 0. The van der Waals surface area contributed by atoms with Crippen LogP contribution in [0.3, 0.4) is 0 Å². The third-order valence-corrected chi connectivity index (χ3v) is 4.36. The Hall–Kier alpha value is -2.33. The Bertz CT molecular complexity index is 657. The number of urea groups is 1. The number of carbonyl (C=O) groups is 1. The number of aryl methyl sites for hydroxylation is 1. The van der Waals surface area contributed by atoms with Crippen LogP contribution in [0.2, 0.25) is 0 Å². The highest BCUT2D eigenvalue weighted by Crippen LogP contribution is 2.25. The van der Waals surface area contributed by atoms with E-state index in [9.17, 15) is 4.79 Å². The van der Waals surface area contributed by atoms with Crippen molar-refractivity contribution in [3.05, 3.63) is 65.7 Å². The van der Waals surface area contributed by atoms with Gasteiger partial charge in [0.2, 0.25) is 0 Å². The lowest BCUT2D eigenvalue weighted by molar-refractivity contribution is 0.246. The van der Waals surface area contributed by atoms with Crippen LogP contribution in [0.1, 0.15) is 24.0 Å². The molecule has 0 saturated carbocycles. The highest BCUT2D eigenvalue weighted by molar-refractivity contribution is 5.92. The van der Waals surface area contributed by atoms with Gasteiger partial charge >= 0.3 is 6.03 Å². The number of rotatable bonds is 5. The molecule has 0 atom stereocenters. The lowest BCUT2D eigenvalue weighted by Crippen LogP contribution is -2.43. The second kappa shape index (κ2) is 8.50. The van der Waals surface area contributed by atoms with E-state index in [0.29, 0.717) is 6.54 Å². The van der Waals surface area contributed by atoms with E-state index in [1.807, 2.05) is 41.3 Å². The third-order valence-electron chi connectivity index (χ3n) is 4.36. The summed E-state index contributed by atoms with van der Waals surface area (Å²) in [6.07, 6.45) is 3.24. The monoisotopic (exact) mass is 323 g/mol. The predicted molar refractivity (Wildman–Crippen MR) is 98.3 cm³/mol. The minimum absolute atomic E-state index is 0.00543. The lowest BCUT2D eigenvalue weighted by atomic mass is 10.1. The molecule has 0 aromatic heterocycles. The van der Waals surface area contributed by atoms with Crippen molar-refractivity contribution in [2.45, 2.75) is 25.8 Å². The number of nitrogens with zero attached hydrogens (tertiary/aromatic N) is 1. The minimum atomic E-state index is 0.00543. The van der Waals surface area contributed by atoms with Gasteiger partial charge in [-0.1, -0.05) is 48.5 Å². The van der Waals surface area contributed by atoms with E-state index >= 15 is 0 Å². The zero-order valence-corrected chi connectivity index (χ0v) is 14.0. The van der Waals surface area contributed by atoms with Gasteiger partial charge in [-0.2, -0.15) is 0 Å². The maximum absolute atomic E-state index is 12.5. The van der Waals surface area contributed by atoms with Gasteiger partial charge < -0.3 is 10.6 Å². The molecule has 0 bridgehead atoms. The van der Waals surface area contributed by atoms with Crippen LogP contribution in [0, 0.1) is 0 Å². The number of anilines is 1. The summed E-state index contributed by atoms with van der Waals surface area (Å²) in [5.41, 5.74) is 3.59. The van der Waals surface area contributed by atoms with Gasteiger partial charge in [-0.15, -0.1) is 0 Å². The average Bonchev–Trinajstić information content (AvgIpc) is 2.85.